The van der Waals surface area contributed by atoms with E-state index < -0.39 is 16.1 Å². The predicted octanol–water partition coefficient (Wildman–Crippen LogP) is 3.50. The summed E-state index contributed by atoms with van der Waals surface area (Å²) in [7, 11) is 0. The quantitative estimate of drug-likeness (QED) is 0.500. The Balaban J connectivity index is 1.75. The van der Waals surface area contributed by atoms with Crippen LogP contribution in [0.4, 0.5) is 10.5 Å². The average Bonchev–Trinajstić information content (AvgIpc) is 2.91. The molecule has 0 spiro atoms. The van der Waals surface area contributed by atoms with Crippen molar-refractivity contribution in [3.05, 3.63) is 74.7 Å². The van der Waals surface area contributed by atoms with E-state index >= 15 is 0 Å². The van der Waals surface area contributed by atoms with Gasteiger partial charge in [0.1, 0.15) is 12.4 Å². The highest BCUT2D eigenvalue weighted by molar-refractivity contribution is 8.18. The summed E-state index contributed by atoms with van der Waals surface area (Å²) in [6.45, 7) is 0.219. The summed E-state index contributed by atoms with van der Waals surface area (Å²) >= 11 is 0.838. The molecule has 1 aliphatic heterocycles. The number of non-ortho nitro benzene ring substituents is 1. The van der Waals surface area contributed by atoms with E-state index in [2.05, 4.69) is 5.32 Å². The number of hydrogen-bond acceptors (Lipinski definition) is 6. The second-order valence-electron chi connectivity index (χ2n) is 5.10. The van der Waals surface area contributed by atoms with Crippen LogP contribution in [0, 0.1) is 10.1 Å². The zero-order valence-corrected chi connectivity index (χ0v) is 13.6. The SMILES string of the molecule is O=C1NC(=O)C(=Cc2ccccc2OCc2ccc([N+](=O)[O-])cc2)S1. The minimum Gasteiger partial charge on any atom is -0.488 e. The molecule has 1 fully saturated rings. The van der Waals surface area contributed by atoms with Gasteiger partial charge in [-0.2, -0.15) is 0 Å². The largest absolute Gasteiger partial charge is 0.488 e. The van der Waals surface area contributed by atoms with Crippen molar-refractivity contribution in [2.45, 2.75) is 6.61 Å². The summed E-state index contributed by atoms with van der Waals surface area (Å²) < 4.78 is 5.76. The van der Waals surface area contributed by atoms with Crippen LogP contribution in [-0.4, -0.2) is 16.1 Å². The van der Waals surface area contributed by atoms with E-state index in [0.29, 0.717) is 16.2 Å². The standard InChI is InChI=1S/C17H12N2O5S/c20-16-15(25-17(21)18-16)9-12-3-1-2-4-14(12)24-10-11-5-7-13(8-6-11)19(22)23/h1-9H,10H2,(H,18,20,21). The Kier molecular flexibility index (Phi) is 4.80. The number of nitro groups is 1. The smallest absolute Gasteiger partial charge is 0.290 e. The second kappa shape index (κ2) is 7.18. The summed E-state index contributed by atoms with van der Waals surface area (Å²) in [4.78, 5) is 33.4. The number of thioether (sulfide) groups is 1. The van der Waals surface area contributed by atoms with Gasteiger partial charge >= 0.3 is 0 Å². The first-order valence-corrected chi connectivity index (χ1v) is 8.04. The zero-order valence-electron chi connectivity index (χ0n) is 12.8. The van der Waals surface area contributed by atoms with Crippen molar-refractivity contribution in [2.24, 2.45) is 0 Å². The zero-order chi connectivity index (χ0) is 17.8. The molecule has 0 unspecified atom stereocenters. The molecule has 1 saturated heterocycles. The molecule has 1 heterocycles. The number of nitrogens with one attached hydrogen (secondary N) is 1. The molecule has 1 aliphatic rings. The number of para-hydroxylation sites is 1. The highest BCUT2D eigenvalue weighted by Crippen LogP contribution is 2.29. The lowest BCUT2D eigenvalue weighted by atomic mass is 10.1. The predicted molar refractivity (Wildman–Crippen MR) is 93.0 cm³/mol. The molecule has 0 saturated carbocycles. The first-order valence-electron chi connectivity index (χ1n) is 7.23. The summed E-state index contributed by atoms with van der Waals surface area (Å²) in [5.41, 5.74) is 1.45. The lowest BCUT2D eigenvalue weighted by Gasteiger charge is -2.09. The number of hydrogen-bond donors (Lipinski definition) is 1. The molecule has 1 N–H and O–H groups in total. The Bertz CT molecular complexity index is 877. The Labute approximate surface area is 146 Å². The van der Waals surface area contributed by atoms with E-state index in [-0.39, 0.29) is 12.3 Å². The molecular weight excluding hydrogens is 344 g/mol. The van der Waals surface area contributed by atoms with E-state index in [1.807, 2.05) is 0 Å². The van der Waals surface area contributed by atoms with Gasteiger partial charge in [-0.15, -0.1) is 0 Å². The van der Waals surface area contributed by atoms with Crippen molar-refractivity contribution >= 4 is 34.7 Å². The maximum Gasteiger partial charge on any atom is 0.290 e. The highest BCUT2D eigenvalue weighted by Gasteiger charge is 2.25. The van der Waals surface area contributed by atoms with Gasteiger partial charge in [0.15, 0.2) is 0 Å². The van der Waals surface area contributed by atoms with Crippen LogP contribution >= 0.6 is 11.8 Å². The molecule has 3 rings (SSSR count). The second-order valence-corrected chi connectivity index (χ2v) is 6.12. The fraction of sp³-hybridized carbons (Fsp3) is 0.0588. The van der Waals surface area contributed by atoms with Crippen molar-refractivity contribution in [3.8, 4) is 5.75 Å². The first kappa shape index (κ1) is 16.7. The number of nitrogens with zero attached hydrogens (tertiary/aromatic N) is 1. The number of amides is 2. The van der Waals surface area contributed by atoms with Crippen LogP contribution in [0.5, 0.6) is 5.75 Å². The third-order valence-electron chi connectivity index (χ3n) is 3.39. The number of ether oxygens (including phenoxy) is 1. The number of carbonyl (C=O) groups excluding carboxylic acids is 2. The molecule has 2 aromatic rings. The molecule has 0 aliphatic carbocycles. The molecule has 8 heteroatoms. The number of nitro benzene ring substituents is 1. The van der Waals surface area contributed by atoms with E-state index in [1.54, 1.807) is 42.5 Å². The Morgan fingerprint density at radius 2 is 1.84 bits per heavy atom. The molecule has 2 amide bonds. The van der Waals surface area contributed by atoms with Crippen LogP contribution in [0.15, 0.2) is 53.4 Å². The molecule has 126 valence electrons. The Hall–Kier alpha value is -3.13. The van der Waals surface area contributed by atoms with Gasteiger partial charge in [-0.3, -0.25) is 25.0 Å². The molecule has 2 aromatic carbocycles. The minimum atomic E-state index is -0.461. The molecule has 0 atom stereocenters. The van der Waals surface area contributed by atoms with Gasteiger partial charge in [-0.05, 0) is 41.6 Å². The van der Waals surface area contributed by atoms with Crippen LogP contribution < -0.4 is 10.1 Å². The maximum absolute atomic E-state index is 11.6. The highest BCUT2D eigenvalue weighted by atomic mass is 32.2. The van der Waals surface area contributed by atoms with Crippen LogP contribution in [0.3, 0.4) is 0 Å². The van der Waals surface area contributed by atoms with Crippen molar-refractivity contribution < 1.29 is 19.2 Å². The number of carbonyl (C=O) groups is 2. The molecule has 7 nitrogen and oxygen atoms in total. The van der Waals surface area contributed by atoms with Gasteiger partial charge in [0, 0.05) is 17.7 Å². The third kappa shape index (κ3) is 4.04. The Morgan fingerprint density at radius 1 is 1.12 bits per heavy atom. The topological polar surface area (TPSA) is 98.5 Å². The van der Waals surface area contributed by atoms with Crippen molar-refractivity contribution in [3.63, 3.8) is 0 Å². The number of rotatable bonds is 5. The summed E-state index contributed by atoms with van der Waals surface area (Å²) in [5, 5.41) is 12.5. The van der Waals surface area contributed by atoms with E-state index in [1.165, 1.54) is 12.1 Å². The lowest BCUT2D eigenvalue weighted by Crippen LogP contribution is -2.17. The molecular formula is C17H12N2O5S. The lowest BCUT2D eigenvalue weighted by molar-refractivity contribution is -0.384. The normalized spacial score (nSPS) is 15.3. The van der Waals surface area contributed by atoms with Crippen molar-refractivity contribution in [1.29, 1.82) is 0 Å². The molecule has 25 heavy (non-hydrogen) atoms. The van der Waals surface area contributed by atoms with Gasteiger partial charge in [-0.1, -0.05) is 18.2 Å². The maximum atomic E-state index is 11.6. The number of imide groups is 1. The van der Waals surface area contributed by atoms with Crippen LogP contribution in [-0.2, 0) is 11.4 Å². The Morgan fingerprint density at radius 3 is 2.48 bits per heavy atom. The summed E-state index contributed by atoms with van der Waals surface area (Å²) in [5.74, 6) is 0.112. The monoisotopic (exact) mass is 356 g/mol. The van der Waals surface area contributed by atoms with E-state index in [4.69, 9.17) is 4.74 Å². The van der Waals surface area contributed by atoms with Crippen molar-refractivity contribution in [1.82, 2.24) is 5.32 Å². The molecule has 0 aromatic heterocycles. The van der Waals surface area contributed by atoms with Crippen molar-refractivity contribution in [2.75, 3.05) is 0 Å². The minimum absolute atomic E-state index is 0.0165. The van der Waals surface area contributed by atoms with Gasteiger partial charge in [0.25, 0.3) is 16.8 Å². The van der Waals surface area contributed by atoms with Gasteiger partial charge in [0.05, 0.1) is 9.83 Å². The third-order valence-corrected chi connectivity index (χ3v) is 4.20. The van der Waals surface area contributed by atoms with E-state index in [9.17, 15) is 19.7 Å². The fourth-order valence-corrected chi connectivity index (χ4v) is 2.84. The van der Waals surface area contributed by atoms with Crippen LogP contribution in [0.25, 0.3) is 6.08 Å². The first-order chi connectivity index (χ1) is 12.0. The molecule has 0 radical (unpaired) electrons. The van der Waals surface area contributed by atoms with Crippen LogP contribution in [0.2, 0.25) is 0 Å². The molecule has 0 bridgehead atoms. The fourth-order valence-electron chi connectivity index (χ4n) is 2.17. The number of benzene rings is 2. The van der Waals surface area contributed by atoms with Crippen LogP contribution in [0.1, 0.15) is 11.1 Å². The van der Waals surface area contributed by atoms with E-state index in [0.717, 1.165) is 17.3 Å². The average molecular weight is 356 g/mol. The van der Waals surface area contributed by atoms with Gasteiger partial charge < -0.3 is 4.74 Å². The van der Waals surface area contributed by atoms with Gasteiger partial charge in [-0.25, -0.2) is 0 Å². The summed E-state index contributed by atoms with van der Waals surface area (Å²) in [6.07, 6.45) is 1.59. The summed E-state index contributed by atoms with van der Waals surface area (Å²) in [6, 6.07) is 13.2. The van der Waals surface area contributed by atoms with Gasteiger partial charge in [0.2, 0.25) is 0 Å².